The molecule has 0 radical (unpaired) electrons. The molecule has 3 heteroatoms. The van der Waals surface area contributed by atoms with E-state index in [9.17, 15) is 0 Å². The molecule has 0 aromatic rings. The van der Waals surface area contributed by atoms with Crippen LogP contribution in [-0.4, -0.2) is 0 Å². The van der Waals surface area contributed by atoms with Crippen molar-refractivity contribution >= 4 is 0 Å². The summed E-state index contributed by atoms with van der Waals surface area (Å²) in [4.78, 5) is 0. The number of nitrogens with two attached hydrogens (primary N) is 2. The zero-order valence-electron chi connectivity index (χ0n) is 10.2. The van der Waals surface area contributed by atoms with E-state index in [0.29, 0.717) is 0 Å². The van der Waals surface area contributed by atoms with Gasteiger partial charge in [-0.15, -0.1) is 0 Å². The molecular weight excluding hydrogens is 379 g/mol. The van der Waals surface area contributed by atoms with Crippen LogP contribution in [0.25, 0.3) is 12.3 Å². The van der Waals surface area contributed by atoms with Crippen molar-refractivity contribution in [1.29, 1.82) is 0 Å². The molecule has 2 nitrogen and oxygen atoms in total. The number of rotatable bonds is 0. The van der Waals surface area contributed by atoms with Gasteiger partial charge in [0.1, 0.15) is 0 Å². The monoisotopic (exact) mass is 425 g/mol. The zero-order chi connectivity index (χ0) is 6.71. The molecule has 0 atom stereocenters. The minimum absolute atomic E-state index is 0. The number of hydrogen-bond acceptors (Lipinski definition) is 0. The second-order valence-electron chi connectivity index (χ2n) is 0.707. The first-order valence-corrected chi connectivity index (χ1v) is 3.41. The van der Waals surface area contributed by atoms with Gasteiger partial charge in [0.15, 0.2) is 0 Å². The molecular formula is C13H46N2Pt. The molecule has 4 N–H and O–H groups in total. The third-order valence-electron chi connectivity index (χ3n) is 0. The maximum absolute atomic E-state index is 2.12. The summed E-state index contributed by atoms with van der Waals surface area (Å²) in [5.41, 5.74) is 0. The fourth-order valence-corrected chi connectivity index (χ4v) is 0. The normalized spacial score (nSPS) is 1.88. The smallest absolute Gasteiger partial charge is 0.693 e. The van der Waals surface area contributed by atoms with Gasteiger partial charge in [-0.3, -0.25) is 0 Å². The van der Waals surface area contributed by atoms with Crippen LogP contribution >= 0.6 is 0 Å². The fourth-order valence-electron chi connectivity index (χ4n) is 0. The molecule has 0 amide bonds. The van der Waals surface area contributed by atoms with Crippen LogP contribution in [0.3, 0.4) is 0 Å². The van der Waals surface area contributed by atoms with E-state index < -0.39 is 0 Å². The third-order valence-corrected chi connectivity index (χ3v) is 0. The van der Waals surface area contributed by atoms with Crippen molar-refractivity contribution in [3.63, 3.8) is 0 Å². The van der Waals surface area contributed by atoms with E-state index in [1.165, 1.54) is 6.42 Å². The zero-order valence-corrected chi connectivity index (χ0v) is 12.5. The molecule has 0 unspecified atom stereocenters. The van der Waals surface area contributed by atoms with Gasteiger partial charge in [0.05, 0.1) is 0 Å². The molecule has 118 valence electrons. The Morgan fingerprint density at radius 3 is 0.562 bits per heavy atom. The van der Waals surface area contributed by atoms with Gasteiger partial charge in [-0.1, -0.05) is 77.7 Å². The standard InChI is InChI=1S/C3H8.2C2H6.4CH4.2CH3.2H2N.Pt/c1-3-2;2*1-2;;;;;;;;;/h3H2,1-2H3;2*1-2H3;4*1H4;2*1H3;2*1H2;/q;;;;;;;4*-1;+4. The molecule has 0 aliphatic heterocycles. The van der Waals surface area contributed by atoms with Gasteiger partial charge >= 0.3 is 21.1 Å². The van der Waals surface area contributed by atoms with Crippen LogP contribution in [0.2, 0.25) is 0 Å². The first-order chi connectivity index (χ1) is 3.41. The largest absolute Gasteiger partial charge is 4.00 e. The second-order valence-corrected chi connectivity index (χ2v) is 0.707. The molecule has 0 spiro atoms. The molecule has 0 aliphatic carbocycles. The van der Waals surface area contributed by atoms with Gasteiger partial charge in [-0.2, -0.15) is 0 Å². The van der Waals surface area contributed by atoms with Gasteiger partial charge in [-0.05, 0) is 0 Å². The van der Waals surface area contributed by atoms with E-state index in [0.717, 1.165) is 0 Å². The van der Waals surface area contributed by atoms with E-state index in [1.54, 1.807) is 0 Å². The quantitative estimate of drug-likeness (QED) is 0.350. The molecule has 0 bridgehead atoms. The van der Waals surface area contributed by atoms with E-state index in [1.807, 2.05) is 27.7 Å². The van der Waals surface area contributed by atoms with Gasteiger partial charge in [-0.25, -0.2) is 0 Å². The minimum Gasteiger partial charge on any atom is -0.693 e. The Balaban J connectivity index is -0.00000000119. The van der Waals surface area contributed by atoms with Gasteiger partial charge < -0.3 is 27.2 Å². The maximum Gasteiger partial charge on any atom is 4.00 e. The molecule has 0 fully saturated rings. The molecule has 0 saturated heterocycles. The summed E-state index contributed by atoms with van der Waals surface area (Å²) in [7, 11) is 0. The van der Waals surface area contributed by atoms with Crippen molar-refractivity contribution in [2.75, 3.05) is 0 Å². The Hall–Kier alpha value is 0.608. The van der Waals surface area contributed by atoms with Crippen molar-refractivity contribution in [3.05, 3.63) is 27.2 Å². The van der Waals surface area contributed by atoms with Crippen molar-refractivity contribution in [1.82, 2.24) is 0 Å². The summed E-state index contributed by atoms with van der Waals surface area (Å²) in [5, 5.41) is 0. The predicted molar refractivity (Wildman–Crippen MR) is 89.0 cm³/mol. The first kappa shape index (κ1) is 191. The Morgan fingerprint density at radius 2 is 0.562 bits per heavy atom. The fraction of sp³-hybridized carbons (Fsp3) is 0.846. The summed E-state index contributed by atoms with van der Waals surface area (Å²) in [5.74, 6) is 0. The van der Waals surface area contributed by atoms with Crippen molar-refractivity contribution in [2.24, 2.45) is 0 Å². The Kier molecular flexibility index (Phi) is 15300. The minimum atomic E-state index is 0. The van der Waals surface area contributed by atoms with Crippen molar-refractivity contribution in [3.8, 4) is 0 Å². The topological polar surface area (TPSA) is 67.0 Å². The van der Waals surface area contributed by atoms with Gasteiger partial charge in [0.25, 0.3) is 0 Å². The molecule has 0 aromatic heterocycles. The Morgan fingerprint density at radius 1 is 0.562 bits per heavy atom. The van der Waals surface area contributed by atoms with Crippen LogP contribution in [-0.2, 0) is 21.1 Å². The predicted octanol–water partition coefficient (Wildman–Crippen LogP) is 8.35. The van der Waals surface area contributed by atoms with Crippen LogP contribution < -0.4 is 0 Å². The van der Waals surface area contributed by atoms with Crippen LogP contribution in [0.5, 0.6) is 0 Å². The molecule has 0 heterocycles. The summed E-state index contributed by atoms with van der Waals surface area (Å²) < 4.78 is 0. The first-order valence-electron chi connectivity index (χ1n) is 3.41. The second kappa shape index (κ2) is 1290. The molecule has 16 heavy (non-hydrogen) atoms. The van der Waals surface area contributed by atoms with Crippen LogP contribution in [0, 0.1) is 14.9 Å². The Labute approximate surface area is 126 Å². The average molecular weight is 426 g/mol. The van der Waals surface area contributed by atoms with E-state index in [-0.39, 0.29) is 77.9 Å². The third kappa shape index (κ3) is 7310. The molecule has 0 aliphatic rings. The van der Waals surface area contributed by atoms with E-state index in [2.05, 4.69) is 13.8 Å². The van der Waals surface area contributed by atoms with Gasteiger partial charge in [0.2, 0.25) is 0 Å². The molecule has 0 aromatic carbocycles. The van der Waals surface area contributed by atoms with Gasteiger partial charge in [0, 0.05) is 0 Å². The summed E-state index contributed by atoms with van der Waals surface area (Å²) in [6.07, 6.45) is 1.25. The average Bonchev–Trinajstić information content (AvgIpc) is 1.78. The van der Waals surface area contributed by atoms with Crippen molar-refractivity contribution in [2.45, 2.75) is 77.7 Å². The molecule has 0 saturated carbocycles. The van der Waals surface area contributed by atoms with E-state index >= 15 is 0 Å². The Bertz CT molecular complexity index is 13.9. The van der Waals surface area contributed by atoms with Crippen molar-refractivity contribution < 1.29 is 21.1 Å². The van der Waals surface area contributed by atoms with Crippen LogP contribution in [0.1, 0.15) is 77.7 Å². The summed E-state index contributed by atoms with van der Waals surface area (Å²) in [6, 6.07) is 0. The summed E-state index contributed by atoms with van der Waals surface area (Å²) >= 11 is 0. The SMILES string of the molecule is C.C.C.C.CC.CC.CCC.[CH3-].[CH3-].[NH2-].[NH2-].[Pt+4]. The maximum atomic E-state index is 2.12. The summed E-state index contributed by atoms with van der Waals surface area (Å²) in [6.45, 7) is 12.2. The number of hydrogen-bond donors (Lipinski definition) is 0. The van der Waals surface area contributed by atoms with Crippen LogP contribution in [0.15, 0.2) is 0 Å². The molecule has 0 rings (SSSR count). The van der Waals surface area contributed by atoms with E-state index in [4.69, 9.17) is 0 Å². The van der Waals surface area contributed by atoms with Crippen LogP contribution in [0.4, 0.5) is 0 Å².